The molecule has 0 saturated heterocycles. The largest absolute Gasteiger partial charge is 0.477 e. The quantitative estimate of drug-likeness (QED) is 0.929. The molecule has 1 aliphatic rings. The second-order valence-electron chi connectivity index (χ2n) is 5.42. The summed E-state index contributed by atoms with van der Waals surface area (Å²) in [6.45, 7) is 0.728. The summed E-state index contributed by atoms with van der Waals surface area (Å²) < 4.78 is 1.69. The van der Waals surface area contributed by atoms with Gasteiger partial charge in [0.05, 0.1) is 5.69 Å². The second-order valence-corrected chi connectivity index (χ2v) is 6.20. The fraction of sp³-hybridized carbons (Fsp3) is 0.467. The van der Waals surface area contributed by atoms with Gasteiger partial charge in [-0.15, -0.1) is 0 Å². The molecule has 20 heavy (non-hydrogen) atoms. The molecule has 0 unspecified atom stereocenters. The van der Waals surface area contributed by atoms with Crippen LogP contribution in [0.1, 0.15) is 42.6 Å². The van der Waals surface area contributed by atoms with Crippen molar-refractivity contribution in [2.45, 2.75) is 38.6 Å². The first-order chi connectivity index (χ1) is 9.74. The molecule has 0 aromatic carbocycles. The fourth-order valence-electron chi connectivity index (χ4n) is 2.89. The van der Waals surface area contributed by atoms with E-state index < -0.39 is 5.97 Å². The van der Waals surface area contributed by atoms with E-state index in [-0.39, 0.29) is 0 Å². The Balaban J connectivity index is 1.86. The number of carboxylic acids is 1. The summed E-state index contributed by atoms with van der Waals surface area (Å²) >= 11 is 1.60. The highest BCUT2D eigenvalue weighted by atomic mass is 32.1. The third-order valence-corrected chi connectivity index (χ3v) is 4.66. The van der Waals surface area contributed by atoms with Crippen LogP contribution < -0.4 is 0 Å². The molecule has 3 rings (SSSR count). The van der Waals surface area contributed by atoms with E-state index in [1.54, 1.807) is 22.1 Å². The van der Waals surface area contributed by atoms with Gasteiger partial charge in [-0.2, -0.15) is 16.4 Å². The summed E-state index contributed by atoms with van der Waals surface area (Å²) in [5, 5.41) is 17.8. The van der Waals surface area contributed by atoms with Gasteiger partial charge in [0.15, 0.2) is 0 Å². The van der Waals surface area contributed by atoms with Crippen molar-refractivity contribution in [1.29, 1.82) is 0 Å². The summed E-state index contributed by atoms with van der Waals surface area (Å²) in [4.78, 5) is 11.4. The molecule has 4 nitrogen and oxygen atoms in total. The van der Waals surface area contributed by atoms with E-state index >= 15 is 0 Å². The van der Waals surface area contributed by atoms with E-state index in [1.807, 2.05) is 16.8 Å². The Morgan fingerprint density at radius 3 is 2.85 bits per heavy atom. The minimum absolute atomic E-state index is 0.303. The normalized spacial score (nSPS) is 16.4. The molecule has 2 aromatic rings. The third-order valence-electron chi connectivity index (χ3n) is 3.97. The first-order valence-electron chi connectivity index (χ1n) is 7.08. The van der Waals surface area contributed by atoms with Gasteiger partial charge in [0.1, 0.15) is 5.69 Å². The van der Waals surface area contributed by atoms with Gasteiger partial charge >= 0.3 is 5.97 Å². The van der Waals surface area contributed by atoms with Crippen LogP contribution in [-0.4, -0.2) is 20.9 Å². The van der Waals surface area contributed by atoms with Gasteiger partial charge in [0.25, 0.3) is 0 Å². The van der Waals surface area contributed by atoms with Crippen molar-refractivity contribution in [2.75, 3.05) is 0 Å². The highest BCUT2D eigenvalue weighted by Gasteiger charge is 2.20. The second kappa shape index (κ2) is 5.79. The average molecular weight is 290 g/mol. The molecule has 1 N–H and O–H groups in total. The summed E-state index contributed by atoms with van der Waals surface area (Å²) in [6, 6.07) is 3.66. The number of carbonyl (C=O) groups is 1. The number of aromatic nitrogens is 2. The molecule has 1 aliphatic carbocycles. The summed E-state index contributed by atoms with van der Waals surface area (Å²) in [5.74, 6) is -0.327. The third kappa shape index (κ3) is 2.77. The number of hydrogen-bond donors (Lipinski definition) is 1. The maximum Gasteiger partial charge on any atom is 0.354 e. The van der Waals surface area contributed by atoms with E-state index in [0.717, 1.165) is 17.8 Å². The standard InChI is InChI=1S/C15H18N2O2S/c18-15(19)14-8-13(12-6-7-20-10-12)16-17(14)9-11-4-2-1-3-5-11/h6-8,10-11H,1-5,9H2,(H,18,19). The molecule has 0 radical (unpaired) electrons. The molecule has 2 aromatic heterocycles. The van der Waals surface area contributed by atoms with Crippen LogP contribution >= 0.6 is 11.3 Å². The zero-order valence-electron chi connectivity index (χ0n) is 11.3. The van der Waals surface area contributed by atoms with Gasteiger partial charge in [-0.3, -0.25) is 4.68 Å². The zero-order valence-corrected chi connectivity index (χ0v) is 12.1. The minimum atomic E-state index is -0.894. The van der Waals surface area contributed by atoms with Crippen molar-refractivity contribution < 1.29 is 9.90 Å². The molecule has 0 atom stereocenters. The molecule has 0 bridgehead atoms. The lowest BCUT2D eigenvalue weighted by atomic mass is 9.89. The molecule has 0 amide bonds. The van der Waals surface area contributed by atoms with Gasteiger partial charge in [-0.1, -0.05) is 19.3 Å². The van der Waals surface area contributed by atoms with Gasteiger partial charge in [0, 0.05) is 17.5 Å². The topological polar surface area (TPSA) is 55.1 Å². The van der Waals surface area contributed by atoms with E-state index in [9.17, 15) is 9.90 Å². The van der Waals surface area contributed by atoms with Crippen LogP contribution in [0.15, 0.2) is 22.9 Å². The van der Waals surface area contributed by atoms with E-state index in [4.69, 9.17) is 0 Å². The Morgan fingerprint density at radius 2 is 2.20 bits per heavy atom. The Morgan fingerprint density at radius 1 is 1.40 bits per heavy atom. The van der Waals surface area contributed by atoms with Gasteiger partial charge in [0.2, 0.25) is 0 Å². The Bertz CT molecular complexity index is 583. The van der Waals surface area contributed by atoms with Crippen LogP contribution in [0.25, 0.3) is 11.3 Å². The van der Waals surface area contributed by atoms with Crippen molar-refractivity contribution >= 4 is 17.3 Å². The number of aromatic carboxylic acids is 1. The maximum absolute atomic E-state index is 11.4. The first kappa shape index (κ1) is 13.4. The lowest BCUT2D eigenvalue weighted by Crippen LogP contribution is -2.18. The molecule has 106 valence electrons. The van der Waals surface area contributed by atoms with Crippen LogP contribution in [0.4, 0.5) is 0 Å². The van der Waals surface area contributed by atoms with Crippen molar-refractivity contribution in [3.63, 3.8) is 0 Å². The van der Waals surface area contributed by atoms with Crippen molar-refractivity contribution in [3.8, 4) is 11.3 Å². The molecule has 1 saturated carbocycles. The monoisotopic (exact) mass is 290 g/mol. The highest BCUT2D eigenvalue weighted by Crippen LogP contribution is 2.27. The van der Waals surface area contributed by atoms with Crippen LogP contribution in [-0.2, 0) is 6.54 Å². The average Bonchev–Trinajstić information content (AvgIpc) is 3.08. The summed E-state index contributed by atoms with van der Waals surface area (Å²) in [5.41, 5.74) is 2.07. The smallest absolute Gasteiger partial charge is 0.354 e. The Hall–Kier alpha value is -1.62. The molecule has 0 aliphatic heterocycles. The lowest BCUT2D eigenvalue weighted by Gasteiger charge is -2.21. The predicted octanol–water partition coefficient (Wildman–Crippen LogP) is 3.89. The van der Waals surface area contributed by atoms with Crippen LogP contribution in [0.5, 0.6) is 0 Å². The van der Waals surface area contributed by atoms with E-state index in [1.165, 1.54) is 32.1 Å². The molecule has 0 spiro atoms. The van der Waals surface area contributed by atoms with Crippen LogP contribution in [0.3, 0.4) is 0 Å². The lowest BCUT2D eigenvalue weighted by molar-refractivity contribution is 0.0681. The van der Waals surface area contributed by atoms with Gasteiger partial charge < -0.3 is 5.11 Å². The van der Waals surface area contributed by atoms with Crippen molar-refractivity contribution in [3.05, 3.63) is 28.6 Å². The fourth-order valence-corrected chi connectivity index (χ4v) is 3.54. The van der Waals surface area contributed by atoms with Crippen LogP contribution in [0, 0.1) is 5.92 Å². The number of nitrogens with zero attached hydrogens (tertiary/aromatic N) is 2. The highest BCUT2D eigenvalue weighted by molar-refractivity contribution is 7.08. The van der Waals surface area contributed by atoms with Crippen LogP contribution in [0.2, 0.25) is 0 Å². The molecular weight excluding hydrogens is 272 g/mol. The predicted molar refractivity (Wildman–Crippen MR) is 79.1 cm³/mol. The zero-order chi connectivity index (χ0) is 13.9. The molecule has 5 heteroatoms. The SMILES string of the molecule is O=C(O)c1cc(-c2ccsc2)nn1CC1CCCCC1. The molecular formula is C15H18N2O2S. The maximum atomic E-state index is 11.4. The minimum Gasteiger partial charge on any atom is -0.477 e. The van der Waals surface area contributed by atoms with Gasteiger partial charge in [-0.05, 0) is 36.3 Å². The Kier molecular flexibility index (Phi) is 3.87. The number of rotatable bonds is 4. The molecule has 2 heterocycles. The van der Waals surface area contributed by atoms with E-state index in [0.29, 0.717) is 11.6 Å². The van der Waals surface area contributed by atoms with Crippen molar-refractivity contribution in [1.82, 2.24) is 9.78 Å². The van der Waals surface area contributed by atoms with Gasteiger partial charge in [-0.25, -0.2) is 4.79 Å². The molecule has 1 fully saturated rings. The number of carboxylic acid groups (broad SMARTS) is 1. The van der Waals surface area contributed by atoms with E-state index in [2.05, 4.69) is 5.10 Å². The summed E-state index contributed by atoms with van der Waals surface area (Å²) in [6.07, 6.45) is 6.19. The summed E-state index contributed by atoms with van der Waals surface area (Å²) in [7, 11) is 0. The first-order valence-corrected chi connectivity index (χ1v) is 8.02. The Labute approximate surface area is 122 Å². The number of thiophene rings is 1. The number of hydrogen-bond acceptors (Lipinski definition) is 3. The van der Waals surface area contributed by atoms with Crippen molar-refractivity contribution in [2.24, 2.45) is 5.92 Å².